The highest BCUT2D eigenvalue weighted by molar-refractivity contribution is 6.31. The van der Waals surface area contributed by atoms with E-state index in [1.807, 2.05) is 13.8 Å². The zero-order valence-electron chi connectivity index (χ0n) is 12.1. The number of rotatable bonds is 6. The lowest BCUT2D eigenvalue weighted by Crippen LogP contribution is -2.23. The van der Waals surface area contributed by atoms with E-state index >= 15 is 0 Å². The second-order valence-corrected chi connectivity index (χ2v) is 4.83. The number of hydrogen-bond donors (Lipinski definition) is 1. The third-order valence-electron chi connectivity index (χ3n) is 2.96. The number of nitrogens with one attached hydrogen (secondary N) is 1. The van der Waals surface area contributed by atoms with Crippen LogP contribution in [0.5, 0.6) is 5.75 Å². The summed E-state index contributed by atoms with van der Waals surface area (Å²) in [5.74, 6) is 0.582. The average Bonchev–Trinajstić information content (AvgIpc) is 2.86. The lowest BCUT2D eigenvalue weighted by atomic mass is 10.2. The third kappa shape index (κ3) is 3.98. The summed E-state index contributed by atoms with van der Waals surface area (Å²) >= 11 is 6.06. The van der Waals surface area contributed by atoms with E-state index in [4.69, 9.17) is 16.3 Å². The predicted octanol–water partition coefficient (Wildman–Crippen LogP) is 2.89. The third-order valence-corrected chi connectivity index (χ3v) is 3.27. The van der Waals surface area contributed by atoms with Gasteiger partial charge in [-0.15, -0.1) is 0 Å². The summed E-state index contributed by atoms with van der Waals surface area (Å²) in [6.45, 7) is 5.54. The van der Waals surface area contributed by atoms with Gasteiger partial charge < -0.3 is 10.1 Å². The van der Waals surface area contributed by atoms with Gasteiger partial charge in [0, 0.05) is 18.3 Å². The van der Waals surface area contributed by atoms with Crippen LogP contribution in [0.25, 0.3) is 0 Å². The molecule has 21 heavy (non-hydrogen) atoms. The van der Waals surface area contributed by atoms with Crippen molar-refractivity contribution in [1.29, 1.82) is 0 Å². The van der Waals surface area contributed by atoms with Crippen molar-refractivity contribution in [2.75, 3.05) is 6.61 Å². The fourth-order valence-corrected chi connectivity index (χ4v) is 2.07. The molecule has 5 nitrogen and oxygen atoms in total. The monoisotopic (exact) mass is 307 g/mol. The minimum atomic E-state index is -0.167. The summed E-state index contributed by atoms with van der Waals surface area (Å²) in [6.07, 6.45) is 1.75. The van der Waals surface area contributed by atoms with Crippen molar-refractivity contribution in [3.63, 3.8) is 0 Å². The van der Waals surface area contributed by atoms with E-state index in [1.165, 1.54) is 0 Å². The first-order valence-electron chi connectivity index (χ1n) is 6.87. The largest absolute Gasteiger partial charge is 0.494 e. The summed E-state index contributed by atoms with van der Waals surface area (Å²) in [4.78, 5) is 12.0. The summed E-state index contributed by atoms with van der Waals surface area (Å²) in [5.41, 5.74) is 1.24. The van der Waals surface area contributed by atoms with E-state index in [0.717, 1.165) is 12.3 Å². The Bertz CT molecular complexity index is 608. The molecule has 0 unspecified atom stereocenters. The van der Waals surface area contributed by atoms with E-state index in [0.29, 0.717) is 29.4 Å². The Kier molecular flexibility index (Phi) is 5.22. The topological polar surface area (TPSA) is 56.1 Å². The van der Waals surface area contributed by atoms with E-state index in [1.54, 1.807) is 35.1 Å². The van der Waals surface area contributed by atoms with Gasteiger partial charge in [0.05, 0.1) is 18.2 Å². The fourth-order valence-electron chi connectivity index (χ4n) is 1.85. The SMILES string of the molecule is CCOc1ccc(C(=O)NCc2nn(CC)cc2Cl)cc1. The lowest BCUT2D eigenvalue weighted by Gasteiger charge is -2.06. The zero-order chi connectivity index (χ0) is 15.2. The number of nitrogens with zero attached hydrogens (tertiary/aromatic N) is 2. The smallest absolute Gasteiger partial charge is 0.251 e. The molecule has 0 radical (unpaired) electrons. The van der Waals surface area contributed by atoms with Crippen LogP contribution in [-0.4, -0.2) is 22.3 Å². The molecule has 2 aromatic rings. The van der Waals surface area contributed by atoms with Gasteiger partial charge in [0.2, 0.25) is 0 Å². The number of carbonyl (C=O) groups is 1. The van der Waals surface area contributed by atoms with Gasteiger partial charge in [-0.2, -0.15) is 5.10 Å². The van der Waals surface area contributed by atoms with E-state index in [-0.39, 0.29) is 5.91 Å². The van der Waals surface area contributed by atoms with Crippen LogP contribution in [0.1, 0.15) is 29.9 Å². The first kappa shape index (κ1) is 15.4. The maximum absolute atomic E-state index is 12.0. The van der Waals surface area contributed by atoms with Gasteiger partial charge in [-0.05, 0) is 38.1 Å². The molecule has 0 saturated heterocycles. The normalized spacial score (nSPS) is 10.4. The van der Waals surface area contributed by atoms with Crippen molar-refractivity contribution >= 4 is 17.5 Å². The molecule has 1 N–H and O–H groups in total. The molecule has 1 aromatic carbocycles. The van der Waals surface area contributed by atoms with E-state index in [2.05, 4.69) is 10.4 Å². The van der Waals surface area contributed by atoms with Crippen LogP contribution in [-0.2, 0) is 13.1 Å². The molecule has 0 spiro atoms. The van der Waals surface area contributed by atoms with E-state index in [9.17, 15) is 4.79 Å². The average molecular weight is 308 g/mol. The second kappa shape index (κ2) is 7.13. The van der Waals surface area contributed by atoms with Crippen molar-refractivity contribution in [2.24, 2.45) is 0 Å². The van der Waals surface area contributed by atoms with Crippen molar-refractivity contribution < 1.29 is 9.53 Å². The van der Waals surface area contributed by atoms with Gasteiger partial charge in [0.1, 0.15) is 11.4 Å². The molecule has 0 fully saturated rings. The number of ether oxygens (including phenoxy) is 1. The minimum absolute atomic E-state index is 0.167. The molecular formula is C15H18ClN3O2. The quantitative estimate of drug-likeness (QED) is 0.893. The molecule has 2 rings (SSSR count). The number of aromatic nitrogens is 2. The van der Waals surface area contributed by atoms with Gasteiger partial charge in [0.15, 0.2) is 0 Å². The first-order valence-corrected chi connectivity index (χ1v) is 7.24. The molecule has 112 valence electrons. The van der Waals surface area contributed by atoms with Crippen LogP contribution in [0.3, 0.4) is 0 Å². The van der Waals surface area contributed by atoms with Crippen molar-refractivity contribution in [3.05, 3.63) is 46.7 Å². The number of halogens is 1. The van der Waals surface area contributed by atoms with Gasteiger partial charge in [0.25, 0.3) is 5.91 Å². The Morgan fingerprint density at radius 1 is 1.33 bits per heavy atom. The standard InChI is InChI=1S/C15H18ClN3O2/c1-3-19-10-13(16)14(18-19)9-17-15(20)11-5-7-12(8-6-11)21-4-2/h5-8,10H,3-4,9H2,1-2H3,(H,17,20). The van der Waals surface area contributed by atoms with Gasteiger partial charge in [-0.3, -0.25) is 9.48 Å². The Hall–Kier alpha value is -2.01. The first-order chi connectivity index (χ1) is 10.1. The highest BCUT2D eigenvalue weighted by Crippen LogP contribution is 2.15. The zero-order valence-corrected chi connectivity index (χ0v) is 12.9. The summed E-state index contributed by atoms with van der Waals surface area (Å²) in [6, 6.07) is 7.01. The lowest BCUT2D eigenvalue weighted by molar-refractivity contribution is 0.0950. The fraction of sp³-hybridized carbons (Fsp3) is 0.333. The second-order valence-electron chi connectivity index (χ2n) is 4.42. The molecule has 6 heteroatoms. The Balaban J connectivity index is 1.96. The number of carbonyl (C=O) groups excluding carboxylic acids is 1. The van der Waals surface area contributed by atoms with Crippen molar-refractivity contribution in [3.8, 4) is 5.75 Å². The minimum Gasteiger partial charge on any atom is -0.494 e. The van der Waals surface area contributed by atoms with E-state index < -0.39 is 0 Å². The summed E-state index contributed by atoms with van der Waals surface area (Å²) in [7, 11) is 0. The number of benzene rings is 1. The molecule has 0 bridgehead atoms. The highest BCUT2D eigenvalue weighted by Gasteiger charge is 2.10. The molecule has 1 amide bonds. The Morgan fingerprint density at radius 3 is 2.62 bits per heavy atom. The molecule has 0 atom stereocenters. The number of aryl methyl sites for hydroxylation is 1. The maximum atomic E-state index is 12.0. The molecule has 0 aliphatic heterocycles. The molecule has 1 aromatic heterocycles. The van der Waals surface area contributed by atoms with Crippen LogP contribution in [0.15, 0.2) is 30.5 Å². The van der Waals surface area contributed by atoms with Crippen LogP contribution >= 0.6 is 11.6 Å². The summed E-state index contributed by atoms with van der Waals surface area (Å²) < 4.78 is 7.08. The molecular weight excluding hydrogens is 290 g/mol. The molecule has 0 aliphatic carbocycles. The predicted molar refractivity (Wildman–Crippen MR) is 81.7 cm³/mol. The molecule has 0 saturated carbocycles. The Morgan fingerprint density at radius 2 is 2.05 bits per heavy atom. The molecule has 0 aliphatic rings. The van der Waals surface area contributed by atoms with Crippen LogP contribution in [0, 0.1) is 0 Å². The number of hydrogen-bond acceptors (Lipinski definition) is 3. The van der Waals surface area contributed by atoms with Crippen molar-refractivity contribution in [1.82, 2.24) is 15.1 Å². The van der Waals surface area contributed by atoms with Crippen molar-refractivity contribution in [2.45, 2.75) is 26.9 Å². The number of amides is 1. The Labute approximate surface area is 128 Å². The van der Waals surface area contributed by atoms with Gasteiger partial charge in [-0.25, -0.2) is 0 Å². The molecule has 1 heterocycles. The van der Waals surface area contributed by atoms with Crippen LogP contribution in [0.4, 0.5) is 0 Å². The summed E-state index contributed by atoms with van der Waals surface area (Å²) in [5, 5.41) is 7.65. The highest BCUT2D eigenvalue weighted by atomic mass is 35.5. The van der Waals surface area contributed by atoms with Gasteiger partial charge >= 0.3 is 0 Å². The maximum Gasteiger partial charge on any atom is 0.251 e. The van der Waals surface area contributed by atoms with Crippen LogP contribution in [0.2, 0.25) is 5.02 Å². The van der Waals surface area contributed by atoms with Gasteiger partial charge in [-0.1, -0.05) is 11.6 Å². The van der Waals surface area contributed by atoms with Crippen LogP contribution < -0.4 is 10.1 Å².